The van der Waals surface area contributed by atoms with Crippen LogP contribution >= 0.6 is 22.7 Å². The van der Waals surface area contributed by atoms with E-state index in [1.165, 1.54) is 0 Å². The minimum Gasteiger partial charge on any atom is -0.493 e. The Morgan fingerprint density at radius 2 is 1.75 bits per heavy atom. The van der Waals surface area contributed by atoms with Crippen molar-refractivity contribution in [3.8, 4) is 28.5 Å². The number of aromatic nitrogens is 1. The van der Waals surface area contributed by atoms with Gasteiger partial charge in [0.15, 0.2) is 11.5 Å². The maximum atomic E-state index is 5.50. The summed E-state index contributed by atoms with van der Waals surface area (Å²) in [7, 11) is 4.81. The molecule has 0 saturated carbocycles. The average Bonchev–Trinajstić information content (AvgIpc) is 3.34. The molecule has 8 heteroatoms. The van der Waals surface area contributed by atoms with E-state index in [1.54, 1.807) is 44.0 Å². The Bertz CT molecular complexity index is 993. The average molecular weight is 418 g/mol. The van der Waals surface area contributed by atoms with Gasteiger partial charge in [-0.3, -0.25) is 4.99 Å². The maximum absolute atomic E-state index is 5.50. The summed E-state index contributed by atoms with van der Waals surface area (Å²) in [6.07, 6.45) is 1.85. The number of nitrogens with zero attached hydrogens (tertiary/aromatic N) is 3. The Kier molecular flexibility index (Phi) is 6.53. The lowest BCUT2D eigenvalue weighted by atomic mass is 10.1. The van der Waals surface area contributed by atoms with Crippen LogP contribution in [0.2, 0.25) is 0 Å². The van der Waals surface area contributed by atoms with Gasteiger partial charge in [-0.25, -0.2) is 4.68 Å². The summed E-state index contributed by atoms with van der Waals surface area (Å²) in [5.41, 5.74) is 1.80. The topological polar surface area (TPSA) is 57.3 Å². The van der Waals surface area contributed by atoms with Crippen LogP contribution in [0, 0.1) is 0 Å². The van der Waals surface area contributed by atoms with Crippen LogP contribution in [0.5, 0.6) is 17.2 Å². The van der Waals surface area contributed by atoms with Gasteiger partial charge in [0.1, 0.15) is 0 Å². The summed E-state index contributed by atoms with van der Waals surface area (Å²) >= 11 is 3.18. The normalized spacial score (nSPS) is 12.1. The van der Waals surface area contributed by atoms with Crippen LogP contribution in [-0.4, -0.2) is 38.3 Å². The predicted octanol–water partition coefficient (Wildman–Crippen LogP) is 4.50. The number of hydrogen-bond acceptors (Lipinski definition) is 7. The number of methoxy groups -OCH3 is 3. The van der Waals surface area contributed by atoms with Gasteiger partial charge in [0, 0.05) is 21.9 Å². The predicted molar refractivity (Wildman–Crippen MR) is 115 cm³/mol. The highest BCUT2D eigenvalue weighted by Crippen LogP contribution is 2.41. The van der Waals surface area contributed by atoms with E-state index in [0.717, 1.165) is 20.9 Å². The molecule has 0 bridgehead atoms. The first-order valence-corrected chi connectivity index (χ1v) is 10.5. The van der Waals surface area contributed by atoms with Crippen molar-refractivity contribution < 1.29 is 14.2 Å². The van der Waals surface area contributed by atoms with E-state index in [-0.39, 0.29) is 6.04 Å². The highest BCUT2D eigenvalue weighted by Gasteiger charge is 2.17. The van der Waals surface area contributed by atoms with Gasteiger partial charge in [0.25, 0.3) is 0 Å². The molecule has 28 heavy (non-hydrogen) atoms. The van der Waals surface area contributed by atoms with Gasteiger partial charge in [0.2, 0.25) is 10.6 Å². The second-order valence-electron chi connectivity index (χ2n) is 6.11. The van der Waals surface area contributed by atoms with Crippen molar-refractivity contribution in [3.05, 3.63) is 44.7 Å². The third-order valence-electron chi connectivity index (χ3n) is 3.86. The number of hydrogen-bond donors (Lipinski definition) is 0. The van der Waals surface area contributed by atoms with Gasteiger partial charge in [0.05, 0.1) is 33.2 Å². The molecule has 0 fully saturated rings. The standard InChI is InChI=1S/C20H23N3O3S2/c1-13(2)22-20-23(21-11-15-7-6-8-27-15)16(12-28-20)14-9-17(24-3)19(26-5)18(10-14)25-4/h6-13H,1-5H3. The summed E-state index contributed by atoms with van der Waals surface area (Å²) in [4.78, 5) is 6.61. The molecule has 0 unspecified atom stereocenters. The van der Waals surface area contributed by atoms with Crippen LogP contribution in [0.1, 0.15) is 18.7 Å². The van der Waals surface area contributed by atoms with Crippen molar-refractivity contribution >= 4 is 28.9 Å². The lowest BCUT2D eigenvalue weighted by Gasteiger charge is -2.14. The molecule has 2 aromatic heterocycles. The van der Waals surface area contributed by atoms with E-state index in [1.807, 2.05) is 59.8 Å². The van der Waals surface area contributed by atoms with Crippen molar-refractivity contribution in [1.29, 1.82) is 0 Å². The SMILES string of the molecule is COc1cc(-c2csc(=NC(C)C)n2N=Cc2cccs2)cc(OC)c1OC. The van der Waals surface area contributed by atoms with Crippen LogP contribution in [0.25, 0.3) is 11.3 Å². The van der Waals surface area contributed by atoms with Gasteiger partial charge in [-0.1, -0.05) is 6.07 Å². The van der Waals surface area contributed by atoms with Crippen LogP contribution in [0.4, 0.5) is 0 Å². The second kappa shape index (κ2) is 9.07. The fourth-order valence-electron chi connectivity index (χ4n) is 2.63. The Balaban J connectivity index is 2.18. The second-order valence-corrected chi connectivity index (χ2v) is 7.93. The molecule has 0 aliphatic heterocycles. The van der Waals surface area contributed by atoms with Gasteiger partial charge in [-0.05, 0) is 37.4 Å². The molecular weight excluding hydrogens is 394 g/mol. The fraction of sp³-hybridized carbons (Fsp3) is 0.300. The van der Waals surface area contributed by atoms with E-state index in [9.17, 15) is 0 Å². The van der Waals surface area contributed by atoms with Crippen LogP contribution < -0.4 is 19.0 Å². The minimum absolute atomic E-state index is 0.162. The molecule has 0 atom stereocenters. The van der Waals surface area contributed by atoms with Gasteiger partial charge in [-0.2, -0.15) is 5.10 Å². The van der Waals surface area contributed by atoms with Crippen molar-refractivity contribution in [3.63, 3.8) is 0 Å². The number of thiophene rings is 1. The first kappa shape index (κ1) is 20.2. The van der Waals surface area contributed by atoms with Crippen molar-refractivity contribution in [2.24, 2.45) is 10.1 Å². The summed E-state index contributed by atoms with van der Waals surface area (Å²) in [6, 6.07) is 8.03. The zero-order valence-corrected chi connectivity index (χ0v) is 18.1. The lowest BCUT2D eigenvalue weighted by molar-refractivity contribution is 0.324. The zero-order valence-electron chi connectivity index (χ0n) is 16.5. The summed E-state index contributed by atoms with van der Waals surface area (Å²) < 4.78 is 18.3. The molecule has 0 radical (unpaired) electrons. The van der Waals surface area contributed by atoms with Crippen molar-refractivity contribution in [1.82, 2.24) is 4.68 Å². The van der Waals surface area contributed by atoms with E-state index >= 15 is 0 Å². The van der Waals surface area contributed by atoms with Gasteiger partial charge >= 0.3 is 0 Å². The van der Waals surface area contributed by atoms with Crippen molar-refractivity contribution in [2.75, 3.05) is 21.3 Å². The Labute approximate surface area is 172 Å². The highest BCUT2D eigenvalue weighted by atomic mass is 32.1. The van der Waals surface area contributed by atoms with E-state index in [0.29, 0.717) is 17.2 Å². The number of rotatable bonds is 7. The molecule has 1 aromatic carbocycles. The molecule has 0 aliphatic carbocycles. The third-order valence-corrected chi connectivity index (χ3v) is 5.50. The third kappa shape index (κ3) is 4.28. The Morgan fingerprint density at radius 3 is 2.29 bits per heavy atom. The van der Waals surface area contributed by atoms with E-state index in [4.69, 9.17) is 24.3 Å². The summed E-state index contributed by atoms with van der Waals surface area (Å²) in [6.45, 7) is 4.10. The highest BCUT2D eigenvalue weighted by molar-refractivity contribution is 7.11. The quantitative estimate of drug-likeness (QED) is 0.532. The van der Waals surface area contributed by atoms with E-state index in [2.05, 4.69) is 0 Å². The number of ether oxygens (including phenoxy) is 3. The monoisotopic (exact) mass is 417 g/mol. The zero-order chi connectivity index (χ0) is 20.1. The first-order chi connectivity index (χ1) is 13.6. The number of benzene rings is 1. The Morgan fingerprint density at radius 1 is 1.04 bits per heavy atom. The van der Waals surface area contributed by atoms with Crippen molar-refractivity contribution in [2.45, 2.75) is 19.9 Å². The first-order valence-electron chi connectivity index (χ1n) is 8.70. The molecule has 0 spiro atoms. The van der Waals surface area contributed by atoms with Gasteiger partial charge in [-0.15, -0.1) is 22.7 Å². The summed E-state index contributed by atoms with van der Waals surface area (Å²) in [5, 5.41) is 8.76. The van der Waals surface area contributed by atoms with Crippen LogP contribution in [-0.2, 0) is 0 Å². The molecule has 2 heterocycles. The molecule has 0 aliphatic rings. The largest absolute Gasteiger partial charge is 0.493 e. The molecule has 3 aromatic rings. The van der Waals surface area contributed by atoms with Crippen LogP contribution in [0.3, 0.4) is 0 Å². The molecule has 0 N–H and O–H groups in total. The number of thiazole rings is 1. The molecular formula is C20H23N3O3S2. The summed E-state index contributed by atoms with van der Waals surface area (Å²) in [5.74, 6) is 1.75. The molecule has 0 saturated heterocycles. The van der Waals surface area contributed by atoms with E-state index < -0.39 is 0 Å². The lowest BCUT2D eigenvalue weighted by Crippen LogP contribution is -2.14. The minimum atomic E-state index is 0.162. The molecule has 148 valence electrons. The Hall–Kier alpha value is -2.58. The smallest absolute Gasteiger partial charge is 0.206 e. The fourth-order valence-corrected chi connectivity index (χ4v) is 4.18. The molecule has 0 amide bonds. The molecule has 3 rings (SSSR count). The van der Waals surface area contributed by atoms with Crippen LogP contribution in [0.15, 0.2) is 45.1 Å². The molecule has 6 nitrogen and oxygen atoms in total. The maximum Gasteiger partial charge on any atom is 0.206 e. The van der Waals surface area contributed by atoms with Gasteiger partial charge < -0.3 is 14.2 Å².